The molecule has 8 nitrogen and oxygen atoms in total. The summed E-state index contributed by atoms with van der Waals surface area (Å²) in [7, 11) is 0. The average molecular weight is 503 g/mol. The number of oxime groups is 1. The van der Waals surface area contributed by atoms with Gasteiger partial charge in [-0.1, -0.05) is 44.5 Å². The smallest absolute Gasteiger partial charge is 0.333 e. The molecule has 0 aromatic carbocycles. The number of amides is 1. The summed E-state index contributed by atoms with van der Waals surface area (Å²) in [5.74, 6) is -0.0187. The van der Waals surface area contributed by atoms with Gasteiger partial charge < -0.3 is 25.5 Å². The molecule has 3 fully saturated rings. The van der Waals surface area contributed by atoms with Crippen molar-refractivity contribution in [2.45, 2.75) is 84.8 Å². The molecule has 0 radical (unpaired) electrons. The van der Waals surface area contributed by atoms with E-state index in [0.29, 0.717) is 23.5 Å². The summed E-state index contributed by atoms with van der Waals surface area (Å²) < 4.78 is 0. The summed E-state index contributed by atoms with van der Waals surface area (Å²) >= 11 is 0. The molecule has 0 saturated heterocycles. The van der Waals surface area contributed by atoms with E-state index in [2.05, 4.69) is 36.5 Å². The fourth-order valence-electron chi connectivity index (χ4n) is 7.48. The summed E-state index contributed by atoms with van der Waals surface area (Å²) in [4.78, 5) is 28.4. The lowest BCUT2D eigenvalue weighted by atomic mass is 9.47. The standard InChI is InChI=1S/C28H42N2O6/c1-25(2,23(32)24(33)34)16-29-22(31)15-36-30-18-8-11-26(3)17(14-18)6-7-19-20(26)9-12-27(4)21(19)10-13-28(27,5)35/h8,11,14,19-21,23,32,35H,6-7,9-10,12-13,15-16H2,1-5H3,(H,29,31)(H,33,34)/b30-18-/t19-,20-,21-,23+,26-,27-,28-/m0/s1. The SMILES string of the molecule is CC(C)(CNC(=O)CO/N=C1/C=C[C@@]2(C)C(=C1)CC[C@H]1[C@@H]2CC[C@@]2(C)[C@H]1CC[C@]2(C)O)[C@H](O)C(=O)O. The van der Waals surface area contributed by atoms with Gasteiger partial charge in [-0.2, -0.15) is 0 Å². The molecule has 0 heterocycles. The van der Waals surface area contributed by atoms with E-state index in [0.717, 1.165) is 38.5 Å². The Morgan fingerprint density at radius 2 is 1.89 bits per heavy atom. The lowest BCUT2D eigenvalue weighted by Crippen LogP contribution is -2.53. The molecule has 0 unspecified atom stereocenters. The van der Waals surface area contributed by atoms with Crippen molar-refractivity contribution in [2.75, 3.05) is 13.2 Å². The molecule has 0 spiro atoms. The first kappa shape index (κ1) is 26.9. The monoisotopic (exact) mass is 502 g/mol. The van der Waals surface area contributed by atoms with Crippen molar-refractivity contribution in [3.05, 3.63) is 23.8 Å². The van der Waals surface area contributed by atoms with E-state index in [1.54, 1.807) is 13.8 Å². The highest BCUT2D eigenvalue weighted by Gasteiger charge is 2.62. The van der Waals surface area contributed by atoms with E-state index in [4.69, 9.17) is 9.94 Å². The third kappa shape index (κ3) is 4.51. The number of rotatable bonds is 7. The molecule has 4 N–H and O–H groups in total. The van der Waals surface area contributed by atoms with E-state index in [1.807, 2.05) is 13.0 Å². The van der Waals surface area contributed by atoms with Crippen LogP contribution in [0.2, 0.25) is 0 Å². The molecule has 4 aliphatic rings. The number of nitrogens with zero attached hydrogens (tertiary/aromatic N) is 1. The van der Waals surface area contributed by atoms with Crippen molar-refractivity contribution in [1.82, 2.24) is 5.32 Å². The van der Waals surface area contributed by atoms with Gasteiger partial charge in [0.25, 0.3) is 5.91 Å². The zero-order valence-electron chi connectivity index (χ0n) is 22.2. The molecule has 0 aromatic rings. The highest BCUT2D eigenvalue weighted by molar-refractivity contribution is 6.05. The second-order valence-corrected chi connectivity index (χ2v) is 12.8. The normalized spacial score (nSPS) is 39.5. The van der Waals surface area contributed by atoms with Crippen LogP contribution in [0, 0.1) is 34.0 Å². The van der Waals surface area contributed by atoms with Gasteiger partial charge in [0.15, 0.2) is 12.7 Å². The number of fused-ring (bicyclic) bond motifs is 5. The molecule has 1 amide bonds. The zero-order chi connectivity index (χ0) is 26.5. The number of carboxylic acids is 1. The third-order valence-electron chi connectivity index (χ3n) is 10.2. The van der Waals surface area contributed by atoms with Gasteiger partial charge in [0, 0.05) is 17.4 Å². The number of carbonyl (C=O) groups excluding carboxylic acids is 1. The fourth-order valence-corrected chi connectivity index (χ4v) is 7.48. The fraction of sp³-hybridized carbons (Fsp3) is 0.750. The Morgan fingerprint density at radius 1 is 1.19 bits per heavy atom. The predicted octanol–water partition coefficient (Wildman–Crippen LogP) is 3.44. The number of hydrogen-bond acceptors (Lipinski definition) is 6. The quantitative estimate of drug-likeness (QED) is 0.395. The van der Waals surface area contributed by atoms with E-state index in [9.17, 15) is 19.8 Å². The molecular weight excluding hydrogens is 460 g/mol. The molecule has 0 bridgehead atoms. The van der Waals surface area contributed by atoms with Crippen molar-refractivity contribution >= 4 is 17.6 Å². The van der Waals surface area contributed by atoms with Crippen LogP contribution in [0.1, 0.15) is 73.1 Å². The number of aliphatic hydroxyl groups excluding tert-OH is 1. The lowest BCUT2D eigenvalue weighted by Gasteiger charge is -2.58. The van der Waals surface area contributed by atoms with Gasteiger partial charge in [0.2, 0.25) is 0 Å². The molecular formula is C28H42N2O6. The zero-order valence-corrected chi connectivity index (χ0v) is 22.2. The van der Waals surface area contributed by atoms with Gasteiger partial charge in [-0.15, -0.1) is 0 Å². The lowest BCUT2D eigenvalue weighted by molar-refractivity contribution is -0.153. The number of carboxylic acid groups (broad SMARTS) is 1. The van der Waals surface area contributed by atoms with Crippen LogP contribution in [0.3, 0.4) is 0 Å². The van der Waals surface area contributed by atoms with Crippen LogP contribution >= 0.6 is 0 Å². The van der Waals surface area contributed by atoms with Gasteiger partial charge in [-0.05, 0) is 80.8 Å². The first-order valence-corrected chi connectivity index (χ1v) is 13.2. The summed E-state index contributed by atoms with van der Waals surface area (Å²) in [6.45, 7) is 9.52. The van der Waals surface area contributed by atoms with E-state index in [-0.39, 0.29) is 24.0 Å². The minimum atomic E-state index is -1.58. The highest BCUT2D eigenvalue weighted by atomic mass is 16.6. The Kier molecular flexibility index (Phi) is 6.92. The van der Waals surface area contributed by atoms with Crippen molar-refractivity contribution in [3.8, 4) is 0 Å². The van der Waals surface area contributed by atoms with Gasteiger partial charge >= 0.3 is 5.97 Å². The molecule has 0 aliphatic heterocycles. The predicted molar refractivity (Wildman–Crippen MR) is 136 cm³/mol. The molecule has 4 aliphatic carbocycles. The second-order valence-electron chi connectivity index (χ2n) is 12.8. The van der Waals surface area contributed by atoms with Gasteiger partial charge in [0.05, 0.1) is 5.60 Å². The molecule has 4 rings (SSSR count). The summed E-state index contributed by atoms with van der Waals surface area (Å²) in [5.41, 5.74) is 0.434. The van der Waals surface area contributed by atoms with Crippen LogP contribution in [0.4, 0.5) is 0 Å². The second kappa shape index (κ2) is 9.28. The Labute approximate surface area is 213 Å². The maximum Gasteiger partial charge on any atom is 0.333 e. The Hall–Kier alpha value is -2.19. The van der Waals surface area contributed by atoms with Gasteiger partial charge in [-0.25, -0.2) is 4.79 Å². The molecule has 3 saturated carbocycles. The first-order chi connectivity index (χ1) is 16.7. The number of allylic oxidation sites excluding steroid dienone is 4. The number of nitrogens with one attached hydrogen (secondary N) is 1. The van der Waals surface area contributed by atoms with Crippen LogP contribution in [0.25, 0.3) is 0 Å². The summed E-state index contributed by atoms with van der Waals surface area (Å²) in [5, 5.41) is 36.6. The Morgan fingerprint density at radius 3 is 2.58 bits per heavy atom. The Balaban J connectivity index is 1.35. The number of hydrogen-bond donors (Lipinski definition) is 4. The van der Waals surface area contributed by atoms with E-state index < -0.39 is 29.0 Å². The van der Waals surface area contributed by atoms with Crippen LogP contribution in [0.15, 0.2) is 29.0 Å². The molecule has 200 valence electrons. The molecule has 36 heavy (non-hydrogen) atoms. The first-order valence-electron chi connectivity index (χ1n) is 13.2. The molecule has 8 heteroatoms. The van der Waals surface area contributed by atoms with Crippen LogP contribution in [0.5, 0.6) is 0 Å². The summed E-state index contributed by atoms with van der Waals surface area (Å²) in [6, 6.07) is 0. The van der Waals surface area contributed by atoms with Crippen molar-refractivity contribution in [3.63, 3.8) is 0 Å². The topological polar surface area (TPSA) is 128 Å². The van der Waals surface area contributed by atoms with Crippen LogP contribution in [-0.2, 0) is 14.4 Å². The Bertz CT molecular complexity index is 998. The van der Waals surface area contributed by atoms with E-state index in [1.165, 1.54) is 5.57 Å². The summed E-state index contributed by atoms with van der Waals surface area (Å²) in [6.07, 6.45) is 11.1. The number of aliphatic hydroxyl groups is 2. The van der Waals surface area contributed by atoms with Crippen LogP contribution < -0.4 is 5.32 Å². The van der Waals surface area contributed by atoms with E-state index >= 15 is 0 Å². The van der Waals surface area contributed by atoms with Gasteiger partial charge in [0.1, 0.15) is 5.71 Å². The van der Waals surface area contributed by atoms with Crippen molar-refractivity contribution < 1.29 is 29.7 Å². The maximum atomic E-state index is 12.1. The van der Waals surface area contributed by atoms with Crippen LogP contribution in [-0.4, -0.2) is 57.8 Å². The number of carbonyl (C=O) groups is 2. The minimum absolute atomic E-state index is 0.000429. The molecule has 7 atom stereocenters. The highest BCUT2D eigenvalue weighted by Crippen LogP contribution is 2.66. The third-order valence-corrected chi connectivity index (χ3v) is 10.2. The minimum Gasteiger partial charge on any atom is -0.479 e. The number of aliphatic carboxylic acids is 1. The maximum absolute atomic E-state index is 12.1. The van der Waals surface area contributed by atoms with Crippen molar-refractivity contribution in [2.24, 2.45) is 39.2 Å². The average Bonchev–Trinajstić information content (AvgIpc) is 3.06. The van der Waals surface area contributed by atoms with Crippen molar-refractivity contribution in [1.29, 1.82) is 0 Å². The van der Waals surface area contributed by atoms with Gasteiger partial charge in [-0.3, -0.25) is 4.79 Å². The largest absolute Gasteiger partial charge is 0.479 e. The molecule has 0 aromatic heterocycles.